The maximum Gasteiger partial charge on any atom is 0.416 e. The Bertz CT molecular complexity index is 425. The number of carboxylic acids is 1. The van der Waals surface area contributed by atoms with Gasteiger partial charge in [-0.2, -0.15) is 13.2 Å². The number of esters is 1. The molecule has 1 rings (SSSR count). The molecule has 1 aromatic carbocycles. The summed E-state index contributed by atoms with van der Waals surface area (Å²) in [5.74, 6) is -4.39. The van der Waals surface area contributed by atoms with Gasteiger partial charge in [-0.25, -0.2) is 4.79 Å². The molecule has 16 heavy (non-hydrogen) atoms. The third-order valence-electron chi connectivity index (χ3n) is 1.54. The molecule has 0 radical (unpaired) electrons. The van der Waals surface area contributed by atoms with Gasteiger partial charge in [0.05, 0.1) is 5.56 Å². The molecule has 0 aromatic heterocycles. The second-order valence-corrected chi connectivity index (χ2v) is 2.70. The van der Waals surface area contributed by atoms with E-state index in [2.05, 4.69) is 4.74 Å². The average molecular weight is 233 g/mol. The zero-order valence-electron chi connectivity index (χ0n) is 7.58. The van der Waals surface area contributed by atoms with Crippen LogP contribution in [0.25, 0.3) is 0 Å². The van der Waals surface area contributed by atoms with Crippen LogP contribution in [0.3, 0.4) is 0 Å². The van der Waals surface area contributed by atoms with Gasteiger partial charge in [0.2, 0.25) is 0 Å². The van der Waals surface area contributed by atoms with Gasteiger partial charge in [-0.05, 0) is 18.2 Å². The van der Waals surface area contributed by atoms with Crippen LogP contribution in [0.1, 0.15) is 5.56 Å². The third-order valence-corrected chi connectivity index (χ3v) is 1.54. The first-order chi connectivity index (χ1) is 7.30. The molecule has 0 unspecified atom stereocenters. The standard InChI is InChI=1S/C9H5F3O4/c10-9(11,12)5-2-1-3-6(4-5)16-8(15)7(13)14/h1-4H,(H,13,14)/p-1. The predicted octanol–water partition coefficient (Wildman–Crippen LogP) is 0.361. The van der Waals surface area contributed by atoms with Crippen molar-refractivity contribution in [1.29, 1.82) is 0 Å². The number of ether oxygens (including phenoxy) is 1. The minimum Gasteiger partial charge on any atom is -0.539 e. The van der Waals surface area contributed by atoms with Crippen LogP contribution in [0.15, 0.2) is 24.3 Å². The summed E-state index contributed by atoms with van der Waals surface area (Å²) >= 11 is 0. The fraction of sp³-hybridized carbons (Fsp3) is 0.111. The molecule has 0 spiro atoms. The molecule has 1 aromatic rings. The van der Waals surface area contributed by atoms with Crippen molar-refractivity contribution in [1.82, 2.24) is 0 Å². The number of halogens is 3. The smallest absolute Gasteiger partial charge is 0.416 e. The summed E-state index contributed by atoms with van der Waals surface area (Å²) in [6, 6.07) is 3.29. The van der Waals surface area contributed by atoms with Gasteiger partial charge in [-0.15, -0.1) is 0 Å². The van der Waals surface area contributed by atoms with Crippen LogP contribution >= 0.6 is 0 Å². The summed E-state index contributed by atoms with van der Waals surface area (Å²) in [7, 11) is 0. The number of hydrogen-bond acceptors (Lipinski definition) is 4. The summed E-state index contributed by atoms with van der Waals surface area (Å²) in [6.07, 6.45) is -4.59. The maximum atomic E-state index is 12.2. The highest BCUT2D eigenvalue weighted by Crippen LogP contribution is 2.31. The van der Waals surface area contributed by atoms with Crippen molar-refractivity contribution >= 4 is 11.9 Å². The van der Waals surface area contributed by atoms with Gasteiger partial charge >= 0.3 is 12.1 Å². The molecule has 0 amide bonds. The van der Waals surface area contributed by atoms with E-state index in [-0.39, 0.29) is 0 Å². The largest absolute Gasteiger partial charge is 0.539 e. The van der Waals surface area contributed by atoms with Crippen molar-refractivity contribution in [3.63, 3.8) is 0 Å². The Kier molecular flexibility index (Phi) is 3.17. The molecule has 0 saturated heterocycles. The van der Waals surface area contributed by atoms with Crippen molar-refractivity contribution in [3.05, 3.63) is 29.8 Å². The average Bonchev–Trinajstić information content (AvgIpc) is 2.16. The molecule has 0 N–H and O–H groups in total. The first-order valence-electron chi connectivity index (χ1n) is 3.91. The van der Waals surface area contributed by atoms with Gasteiger partial charge in [0.15, 0.2) is 5.97 Å². The lowest BCUT2D eigenvalue weighted by Gasteiger charge is -2.09. The van der Waals surface area contributed by atoms with E-state index in [1.165, 1.54) is 0 Å². The fourth-order valence-corrected chi connectivity index (χ4v) is 0.885. The SMILES string of the molecule is O=C([O-])C(=O)Oc1cccc(C(F)(F)F)c1. The zero-order valence-corrected chi connectivity index (χ0v) is 7.58. The van der Waals surface area contributed by atoms with Crippen LogP contribution in [0.2, 0.25) is 0 Å². The fourth-order valence-electron chi connectivity index (χ4n) is 0.885. The van der Waals surface area contributed by atoms with Crippen LogP contribution in [0, 0.1) is 0 Å². The molecule has 7 heteroatoms. The summed E-state index contributed by atoms with van der Waals surface area (Å²) in [5, 5.41) is 9.98. The Hall–Kier alpha value is -2.05. The van der Waals surface area contributed by atoms with Crippen molar-refractivity contribution < 1.29 is 32.6 Å². The summed E-state index contributed by atoms with van der Waals surface area (Å²) in [6.45, 7) is 0. The Balaban J connectivity index is 2.92. The van der Waals surface area contributed by atoms with E-state index < -0.39 is 29.4 Å². The first-order valence-corrected chi connectivity index (χ1v) is 3.91. The number of benzene rings is 1. The van der Waals surface area contributed by atoms with E-state index in [0.717, 1.165) is 18.2 Å². The highest BCUT2D eigenvalue weighted by atomic mass is 19.4. The molecule has 0 bridgehead atoms. The van der Waals surface area contributed by atoms with Crippen molar-refractivity contribution in [2.75, 3.05) is 0 Å². The van der Waals surface area contributed by atoms with Gasteiger partial charge < -0.3 is 14.6 Å². The molecule has 0 heterocycles. The zero-order chi connectivity index (χ0) is 12.3. The molecule has 0 atom stereocenters. The first kappa shape index (κ1) is 12.0. The van der Waals surface area contributed by atoms with Gasteiger partial charge in [-0.1, -0.05) is 6.07 Å². The number of carbonyl (C=O) groups is 2. The lowest BCUT2D eigenvalue weighted by molar-refractivity contribution is -0.302. The number of carbonyl (C=O) groups excluding carboxylic acids is 2. The van der Waals surface area contributed by atoms with Crippen molar-refractivity contribution in [3.8, 4) is 5.75 Å². The number of carboxylic acid groups (broad SMARTS) is 1. The second-order valence-electron chi connectivity index (χ2n) is 2.70. The highest BCUT2D eigenvalue weighted by molar-refractivity contribution is 6.28. The lowest BCUT2D eigenvalue weighted by Crippen LogP contribution is -2.35. The maximum absolute atomic E-state index is 12.2. The molecule has 0 fully saturated rings. The van der Waals surface area contributed by atoms with Gasteiger partial charge in [0.25, 0.3) is 0 Å². The molecule has 0 aliphatic heterocycles. The van der Waals surface area contributed by atoms with E-state index in [1.54, 1.807) is 0 Å². The van der Waals surface area contributed by atoms with Gasteiger partial charge in [-0.3, -0.25) is 0 Å². The predicted molar refractivity (Wildman–Crippen MR) is 42.1 cm³/mol. The van der Waals surface area contributed by atoms with Crippen LogP contribution in [-0.4, -0.2) is 11.9 Å². The van der Waals surface area contributed by atoms with Gasteiger partial charge in [0.1, 0.15) is 5.75 Å². The van der Waals surface area contributed by atoms with Crippen LogP contribution in [0.5, 0.6) is 5.75 Å². The molecule has 0 saturated carbocycles. The van der Waals surface area contributed by atoms with E-state index in [4.69, 9.17) is 0 Å². The lowest BCUT2D eigenvalue weighted by atomic mass is 10.2. The minimum absolute atomic E-state index is 0.510. The Morgan fingerprint density at radius 3 is 2.38 bits per heavy atom. The number of hydrogen-bond donors (Lipinski definition) is 0. The number of alkyl halides is 3. The molecule has 0 aliphatic carbocycles. The molecular formula is C9H4F3O4-. The topological polar surface area (TPSA) is 66.4 Å². The second kappa shape index (κ2) is 4.21. The normalized spacial score (nSPS) is 10.9. The van der Waals surface area contributed by atoms with Crippen molar-refractivity contribution in [2.24, 2.45) is 0 Å². The molecule has 0 aliphatic rings. The summed E-state index contributed by atoms with van der Waals surface area (Å²) in [4.78, 5) is 20.5. The minimum atomic E-state index is -4.59. The number of aliphatic carboxylic acids is 1. The Labute approximate surface area is 87.3 Å². The number of rotatable bonds is 1. The van der Waals surface area contributed by atoms with E-state index >= 15 is 0 Å². The quantitative estimate of drug-likeness (QED) is 0.399. The monoisotopic (exact) mass is 233 g/mol. The van der Waals surface area contributed by atoms with E-state index in [1.807, 2.05) is 0 Å². The van der Waals surface area contributed by atoms with Crippen LogP contribution in [-0.2, 0) is 15.8 Å². The van der Waals surface area contributed by atoms with Gasteiger partial charge in [0, 0.05) is 0 Å². The highest BCUT2D eigenvalue weighted by Gasteiger charge is 2.30. The molecule has 86 valence electrons. The Morgan fingerprint density at radius 2 is 1.88 bits per heavy atom. The molecular weight excluding hydrogens is 229 g/mol. The van der Waals surface area contributed by atoms with E-state index in [9.17, 15) is 27.9 Å². The van der Waals surface area contributed by atoms with Crippen LogP contribution in [0.4, 0.5) is 13.2 Å². The third kappa shape index (κ3) is 2.97. The molecule has 4 nitrogen and oxygen atoms in total. The summed E-state index contributed by atoms with van der Waals surface area (Å²) in [5.41, 5.74) is -1.05. The van der Waals surface area contributed by atoms with Crippen molar-refractivity contribution in [2.45, 2.75) is 6.18 Å². The van der Waals surface area contributed by atoms with Crippen LogP contribution < -0.4 is 9.84 Å². The summed E-state index contributed by atoms with van der Waals surface area (Å²) < 4.78 is 40.7. The van der Waals surface area contributed by atoms with E-state index in [0.29, 0.717) is 6.07 Å². The Morgan fingerprint density at radius 1 is 1.25 bits per heavy atom.